The summed E-state index contributed by atoms with van der Waals surface area (Å²) in [5, 5.41) is 11.1. The van der Waals surface area contributed by atoms with Gasteiger partial charge in [0, 0.05) is 11.6 Å². The number of nitro benzene ring substituents is 1. The summed E-state index contributed by atoms with van der Waals surface area (Å²) in [4.78, 5) is 36.4. The van der Waals surface area contributed by atoms with Crippen LogP contribution in [0.2, 0.25) is 0 Å². The molecule has 0 bridgehead atoms. The molecule has 1 saturated heterocycles. The molecule has 2 aromatic rings. The van der Waals surface area contributed by atoms with Crippen LogP contribution in [0.25, 0.3) is 6.08 Å². The Morgan fingerprint density at radius 1 is 1.19 bits per heavy atom. The fourth-order valence-electron chi connectivity index (χ4n) is 2.45. The minimum atomic E-state index is -0.493. The van der Waals surface area contributed by atoms with E-state index in [1.807, 2.05) is 0 Å². The Kier molecular flexibility index (Phi) is 4.97. The van der Waals surface area contributed by atoms with Gasteiger partial charge in [-0.05, 0) is 43.3 Å². The van der Waals surface area contributed by atoms with Crippen LogP contribution in [0.4, 0.5) is 11.4 Å². The van der Waals surface area contributed by atoms with Gasteiger partial charge in [0.05, 0.1) is 21.1 Å². The van der Waals surface area contributed by atoms with Gasteiger partial charge in [-0.25, -0.2) is 0 Å². The number of anilines is 1. The van der Waals surface area contributed by atoms with Gasteiger partial charge < -0.3 is 0 Å². The van der Waals surface area contributed by atoms with Crippen LogP contribution in [0, 0.1) is 10.1 Å². The molecule has 0 spiro atoms. The molecule has 3 rings (SSSR count). The maximum atomic E-state index is 12.7. The molecule has 1 aliphatic rings. The Bertz CT molecular complexity index is 967. The van der Waals surface area contributed by atoms with E-state index in [0.29, 0.717) is 26.0 Å². The molecule has 0 atom stereocenters. The number of thiocarbonyl (C=S) groups is 1. The van der Waals surface area contributed by atoms with Gasteiger partial charge in [0.15, 0.2) is 10.1 Å². The Labute approximate surface area is 158 Å². The molecule has 130 valence electrons. The number of nitro groups is 1. The average Bonchev–Trinajstić information content (AvgIpc) is 2.89. The van der Waals surface area contributed by atoms with Gasteiger partial charge in [-0.3, -0.25) is 24.6 Å². The number of amides is 1. The number of hydrogen-bond donors (Lipinski definition) is 0. The first-order valence-electron chi connectivity index (χ1n) is 7.51. The molecule has 0 saturated carbocycles. The zero-order valence-corrected chi connectivity index (χ0v) is 15.2. The number of thioether (sulfide) groups is 1. The topological polar surface area (TPSA) is 80.5 Å². The Balaban J connectivity index is 1.94. The Morgan fingerprint density at radius 3 is 2.46 bits per heavy atom. The van der Waals surface area contributed by atoms with Crippen molar-refractivity contribution in [3.8, 4) is 0 Å². The van der Waals surface area contributed by atoms with Gasteiger partial charge in [0.1, 0.15) is 0 Å². The maximum Gasteiger partial charge on any atom is 0.276 e. The fraction of sp³-hybridized carbons (Fsp3) is 0.0556. The van der Waals surface area contributed by atoms with Crippen LogP contribution in [0.15, 0.2) is 53.4 Å². The van der Waals surface area contributed by atoms with Crippen LogP contribution < -0.4 is 4.90 Å². The number of para-hydroxylation sites is 1. The summed E-state index contributed by atoms with van der Waals surface area (Å²) in [7, 11) is 0. The molecular formula is C18H12N2O4S2. The number of hydrogen-bond acceptors (Lipinski definition) is 6. The van der Waals surface area contributed by atoms with E-state index in [4.69, 9.17) is 12.2 Å². The van der Waals surface area contributed by atoms with Crippen molar-refractivity contribution in [3.63, 3.8) is 0 Å². The van der Waals surface area contributed by atoms with Gasteiger partial charge in [-0.1, -0.05) is 36.1 Å². The van der Waals surface area contributed by atoms with Gasteiger partial charge in [0.2, 0.25) is 0 Å². The summed E-state index contributed by atoms with van der Waals surface area (Å²) in [5.74, 6) is -0.424. The fourth-order valence-corrected chi connectivity index (χ4v) is 3.74. The smallest absolute Gasteiger partial charge is 0.276 e. The molecule has 0 radical (unpaired) electrons. The van der Waals surface area contributed by atoms with Gasteiger partial charge in [0.25, 0.3) is 11.6 Å². The first-order valence-corrected chi connectivity index (χ1v) is 8.73. The Hall–Kier alpha value is -2.84. The van der Waals surface area contributed by atoms with E-state index in [2.05, 4.69) is 0 Å². The third-order valence-corrected chi connectivity index (χ3v) is 5.05. The molecule has 26 heavy (non-hydrogen) atoms. The molecule has 2 aromatic carbocycles. The lowest BCUT2D eigenvalue weighted by Gasteiger charge is -2.14. The highest BCUT2D eigenvalue weighted by Gasteiger charge is 2.33. The van der Waals surface area contributed by atoms with Crippen molar-refractivity contribution in [3.05, 3.63) is 74.7 Å². The molecule has 0 aromatic heterocycles. The van der Waals surface area contributed by atoms with Crippen LogP contribution in [-0.4, -0.2) is 20.9 Å². The van der Waals surface area contributed by atoms with Crippen LogP contribution >= 0.6 is 24.0 Å². The third kappa shape index (κ3) is 3.42. The summed E-state index contributed by atoms with van der Waals surface area (Å²) in [6.07, 6.45) is 1.47. The number of benzene rings is 2. The standard InChI is InChI=1S/C18H12N2O4S2/c1-11(21)12-6-8-14(9-7-12)19-17(22)16(26-18(19)25)10-13-4-2-3-5-15(13)20(23)24/h2-10H,1H3/b16-10-. The largest absolute Gasteiger partial charge is 0.295 e. The summed E-state index contributed by atoms with van der Waals surface area (Å²) < 4.78 is 0.329. The van der Waals surface area contributed by atoms with Crippen molar-refractivity contribution in [2.45, 2.75) is 6.92 Å². The van der Waals surface area contributed by atoms with Crippen LogP contribution in [0.3, 0.4) is 0 Å². The normalized spacial score (nSPS) is 15.6. The van der Waals surface area contributed by atoms with Gasteiger partial charge >= 0.3 is 0 Å². The number of Topliss-reactive ketones (excluding diaryl/α,β-unsaturated/α-hetero) is 1. The van der Waals surface area contributed by atoms with Gasteiger partial charge in [-0.2, -0.15) is 0 Å². The summed E-state index contributed by atoms with van der Waals surface area (Å²) in [5.41, 5.74) is 1.34. The van der Waals surface area contributed by atoms with E-state index < -0.39 is 4.92 Å². The quantitative estimate of drug-likeness (QED) is 0.258. The van der Waals surface area contributed by atoms with E-state index >= 15 is 0 Å². The molecule has 1 amide bonds. The number of carbonyl (C=O) groups is 2. The first-order chi connectivity index (χ1) is 12.4. The summed E-state index contributed by atoms with van der Waals surface area (Å²) >= 11 is 6.37. The van der Waals surface area contributed by atoms with Crippen molar-refractivity contribution < 1.29 is 14.5 Å². The molecule has 6 nitrogen and oxygen atoms in total. The second kappa shape index (κ2) is 7.19. The van der Waals surface area contributed by atoms with E-state index in [1.165, 1.54) is 24.0 Å². The van der Waals surface area contributed by atoms with E-state index in [1.54, 1.807) is 42.5 Å². The molecule has 1 heterocycles. The predicted molar refractivity (Wildman–Crippen MR) is 105 cm³/mol. The monoisotopic (exact) mass is 384 g/mol. The average molecular weight is 384 g/mol. The molecular weight excluding hydrogens is 372 g/mol. The highest BCUT2D eigenvalue weighted by molar-refractivity contribution is 8.27. The minimum absolute atomic E-state index is 0.0711. The highest BCUT2D eigenvalue weighted by Crippen LogP contribution is 2.37. The SMILES string of the molecule is CC(=O)c1ccc(N2C(=O)/C(=C/c3ccccc3[N+](=O)[O-])SC2=S)cc1. The van der Waals surface area contributed by atoms with E-state index in [-0.39, 0.29) is 17.4 Å². The van der Waals surface area contributed by atoms with Gasteiger partial charge in [-0.15, -0.1) is 0 Å². The van der Waals surface area contributed by atoms with E-state index in [0.717, 1.165) is 11.8 Å². The second-order valence-electron chi connectivity index (χ2n) is 5.44. The predicted octanol–water partition coefficient (Wildman–Crippen LogP) is 4.20. The molecule has 1 aliphatic heterocycles. The van der Waals surface area contributed by atoms with Crippen molar-refractivity contribution >= 4 is 57.4 Å². The molecule has 0 unspecified atom stereocenters. The third-order valence-electron chi connectivity index (χ3n) is 3.75. The lowest BCUT2D eigenvalue weighted by molar-refractivity contribution is -0.385. The lowest BCUT2D eigenvalue weighted by atomic mass is 10.1. The van der Waals surface area contributed by atoms with E-state index in [9.17, 15) is 19.7 Å². The Morgan fingerprint density at radius 2 is 1.85 bits per heavy atom. The zero-order valence-electron chi connectivity index (χ0n) is 13.5. The van der Waals surface area contributed by atoms with Crippen LogP contribution in [0.5, 0.6) is 0 Å². The number of ketones is 1. The molecule has 0 aliphatic carbocycles. The van der Waals surface area contributed by atoms with Crippen molar-refractivity contribution in [2.75, 3.05) is 4.90 Å². The van der Waals surface area contributed by atoms with Crippen molar-refractivity contribution in [1.82, 2.24) is 0 Å². The molecule has 8 heteroatoms. The highest BCUT2D eigenvalue weighted by atomic mass is 32.2. The number of nitrogens with zero attached hydrogens (tertiary/aromatic N) is 2. The number of rotatable bonds is 4. The van der Waals surface area contributed by atoms with Crippen molar-refractivity contribution in [1.29, 1.82) is 0 Å². The molecule has 0 N–H and O–H groups in total. The molecule has 1 fully saturated rings. The number of carbonyl (C=O) groups excluding carboxylic acids is 2. The zero-order chi connectivity index (χ0) is 18.8. The minimum Gasteiger partial charge on any atom is -0.295 e. The second-order valence-corrected chi connectivity index (χ2v) is 7.11. The van der Waals surface area contributed by atoms with Crippen LogP contribution in [0.1, 0.15) is 22.8 Å². The summed E-state index contributed by atoms with van der Waals surface area (Å²) in [6, 6.07) is 12.7. The maximum absolute atomic E-state index is 12.7. The van der Waals surface area contributed by atoms with Crippen LogP contribution in [-0.2, 0) is 4.79 Å². The lowest BCUT2D eigenvalue weighted by Crippen LogP contribution is -2.27. The van der Waals surface area contributed by atoms with Crippen molar-refractivity contribution in [2.24, 2.45) is 0 Å². The summed E-state index contributed by atoms with van der Waals surface area (Å²) in [6.45, 7) is 1.46. The first kappa shape index (κ1) is 18.0.